The highest BCUT2D eigenvalue weighted by atomic mass is 15.0. The molecule has 2 aliphatic heterocycles. The number of aliphatic imine (C=N–C) groups is 1. The molecule has 4 nitrogen and oxygen atoms in total. The number of rotatable bonds is 4. The Morgan fingerprint density at radius 2 is 1.23 bits per heavy atom. The normalized spacial score (nSPS) is 28.0. The zero-order valence-corrected chi connectivity index (χ0v) is 30.6. The van der Waals surface area contributed by atoms with Crippen molar-refractivity contribution in [1.29, 1.82) is 0 Å². The van der Waals surface area contributed by atoms with Crippen LogP contribution in [0.4, 0.5) is 5.69 Å². The number of hydrogen-bond acceptors (Lipinski definition) is 3. The van der Waals surface area contributed by atoms with Crippen LogP contribution in [0.25, 0.3) is 33.3 Å². The fraction of sp³-hybridized carbons (Fsp3) is 0.458. The van der Waals surface area contributed by atoms with E-state index < -0.39 is 0 Å². The fourth-order valence-corrected chi connectivity index (χ4v) is 11.6. The van der Waals surface area contributed by atoms with E-state index in [1.807, 2.05) is 0 Å². The third-order valence-corrected chi connectivity index (χ3v) is 14.5. The van der Waals surface area contributed by atoms with Crippen molar-refractivity contribution in [3.8, 4) is 22.3 Å². The van der Waals surface area contributed by atoms with Crippen molar-refractivity contribution in [3.05, 3.63) is 106 Å². The van der Waals surface area contributed by atoms with Crippen molar-refractivity contribution >= 4 is 22.4 Å². The summed E-state index contributed by atoms with van der Waals surface area (Å²) in [5.74, 6) is 4.53. The van der Waals surface area contributed by atoms with E-state index in [9.17, 15) is 0 Å². The molecule has 4 bridgehead atoms. The Morgan fingerprint density at radius 3 is 1.96 bits per heavy atom. The van der Waals surface area contributed by atoms with Gasteiger partial charge in [0.2, 0.25) is 0 Å². The molecule has 4 fully saturated rings. The summed E-state index contributed by atoms with van der Waals surface area (Å²) in [6.07, 6.45) is 20.3. The molecular weight excluding hydrogens is 633 g/mol. The van der Waals surface area contributed by atoms with Crippen LogP contribution in [0.2, 0.25) is 0 Å². The number of nitrogens with zero attached hydrogens (tertiary/aromatic N) is 2. The van der Waals surface area contributed by atoms with E-state index in [0.29, 0.717) is 18.0 Å². The Bertz CT molecular complexity index is 2180. The second-order valence-electron chi connectivity index (χ2n) is 17.5. The number of fused-ring (bicyclic) bond motifs is 4. The summed E-state index contributed by atoms with van der Waals surface area (Å²) < 4.78 is 0. The summed E-state index contributed by atoms with van der Waals surface area (Å²) in [7, 11) is 0. The number of nitrogens with one attached hydrogen (secondary N) is 2. The van der Waals surface area contributed by atoms with Gasteiger partial charge in [0.15, 0.2) is 0 Å². The van der Waals surface area contributed by atoms with Gasteiger partial charge in [-0.15, -0.1) is 0 Å². The summed E-state index contributed by atoms with van der Waals surface area (Å²) in [5.41, 5.74) is 17.4. The SMILES string of the molecule is c1cc2c(-c3ccc4c(c3)N=C(C3C[C@@H]5CCCC[C@@H]5N3)C4)cc1CCc1ccc(cc1-c1ccc3nc(C4C[C@H]5CCCC[C@H]5C4)[nH]c3c1)CC2. The van der Waals surface area contributed by atoms with Crippen molar-refractivity contribution in [2.75, 3.05) is 0 Å². The molecule has 5 aromatic rings. The first kappa shape index (κ1) is 31.5. The molecule has 0 spiro atoms. The molecule has 14 rings (SSSR count). The molecule has 2 unspecified atom stereocenters. The van der Waals surface area contributed by atoms with Gasteiger partial charge in [0, 0.05) is 30.1 Å². The van der Waals surface area contributed by atoms with Crippen LogP contribution in [0.1, 0.15) is 110 Å². The van der Waals surface area contributed by atoms with Gasteiger partial charge in [0.1, 0.15) is 5.82 Å². The van der Waals surface area contributed by atoms with Crippen LogP contribution in [0.15, 0.2) is 77.8 Å². The third kappa shape index (κ3) is 5.68. The molecule has 1 aromatic heterocycles. The number of aryl methyl sites for hydroxylation is 4. The van der Waals surface area contributed by atoms with Crippen LogP contribution < -0.4 is 5.32 Å². The molecule has 4 aromatic carbocycles. The molecule has 2 N–H and O–H groups in total. The van der Waals surface area contributed by atoms with Crippen molar-refractivity contribution in [3.63, 3.8) is 0 Å². The number of benzene rings is 4. The van der Waals surface area contributed by atoms with Gasteiger partial charge in [-0.2, -0.15) is 0 Å². The molecule has 7 aliphatic carbocycles. The maximum absolute atomic E-state index is 5.30. The van der Waals surface area contributed by atoms with E-state index in [1.165, 1.54) is 143 Å². The second-order valence-corrected chi connectivity index (χ2v) is 17.5. The van der Waals surface area contributed by atoms with Gasteiger partial charge in [-0.1, -0.05) is 93.1 Å². The molecule has 3 saturated carbocycles. The number of hydrogen-bond donors (Lipinski definition) is 2. The quantitative estimate of drug-likeness (QED) is 0.198. The summed E-state index contributed by atoms with van der Waals surface area (Å²) in [5, 5.41) is 3.98. The van der Waals surface area contributed by atoms with Crippen molar-refractivity contribution < 1.29 is 0 Å². The van der Waals surface area contributed by atoms with Crippen LogP contribution in [-0.2, 0) is 32.1 Å². The van der Waals surface area contributed by atoms with E-state index in [2.05, 4.69) is 83.1 Å². The van der Waals surface area contributed by atoms with E-state index in [-0.39, 0.29) is 0 Å². The number of aromatic nitrogens is 2. The number of aromatic amines is 1. The molecule has 0 radical (unpaired) electrons. The predicted molar refractivity (Wildman–Crippen MR) is 214 cm³/mol. The van der Waals surface area contributed by atoms with Crippen molar-refractivity contribution in [2.45, 2.75) is 121 Å². The monoisotopic (exact) mass is 684 g/mol. The fourth-order valence-electron chi connectivity index (χ4n) is 11.6. The van der Waals surface area contributed by atoms with Crippen LogP contribution >= 0.6 is 0 Å². The lowest BCUT2D eigenvalue weighted by Gasteiger charge is -2.24. The Balaban J connectivity index is 0.852. The predicted octanol–water partition coefficient (Wildman–Crippen LogP) is 11.0. The summed E-state index contributed by atoms with van der Waals surface area (Å²) in [4.78, 5) is 14.3. The highest BCUT2D eigenvalue weighted by Crippen LogP contribution is 2.49. The Hall–Kier alpha value is -4.02. The molecule has 264 valence electrons. The van der Waals surface area contributed by atoms with Crippen LogP contribution in [0.5, 0.6) is 0 Å². The molecule has 9 aliphatic rings. The number of imidazole rings is 1. The zero-order chi connectivity index (χ0) is 34.2. The standard InChI is InChI=1S/C48H52N4/c1-2-6-34-24-39(23-33(34)5-1)48-51-43-20-19-36(26-45(43)52-48)41-22-30-10-14-31-13-9-29(11-15-32(41)16-12-30)21-40(31)35-17-18-38-28-47(50-44(38)25-35)46-27-37-7-3-4-8-42(37)49-46/h9,12-13,16-22,25-26,33-34,37,39,42,46,49H,1-8,10-11,14-15,23-24,27-28H2,(H,51,52)/t33-,34+,37-,39?,42-,46?/m0/s1. The average Bonchev–Trinajstić information content (AvgIpc) is 3.98. The van der Waals surface area contributed by atoms with Gasteiger partial charge in [-0.05, 0) is 144 Å². The smallest absolute Gasteiger partial charge is 0.110 e. The molecular formula is C48H52N4. The highest BCUT2D eigenvalue weighted by Gasteiger charge is 2.39. The molecule has 1 saturated heterocycles. The third-order valence-electron chi connectivity index (χ3n) is 14.5. The molecule has 3 heterocycles. The minimum absolute atomic E-state index is 0.463. The molecule has 0 amide bonds. The summed E-state index contributed by atoms with van der Waals surface area (Å²) in [6, 6.07) is 29.8. The second kappa shape index (κ2) is 12.8. The minimum Gasteiger partial charge on any atom is -0.342 e. The average molecular weight is 685 g/mol. The maximum Gasteiger partial charge on any atom is 0.110 e. The minimum atomic E-state index is 0.463. The first-order chi connectivity index (χ1) is 25.7. The van der Waals surface area contributed by atoms with Crippen molar-refractivity contribution in [1.82, 2.24) is 15.3 Å². The lowest BCUT2D eigenvalue weighted by atomic mass is 9.82. The summed E-state index contributed by atoms with van der Waals surface area (Å²) in [6.45, 7) is 0. The van der Waals surface area contributed by atoms with E-state index in [4.69, 9.17) is 9.98 Å². The van der Waals surface area contributed by atoms with Gasteiger partial charge < -0.3 is 10.3 Å². The first-order valence-electron chi connectivity index (χ1n) is 20.9. The van der Waals surface area contributed by atoms with E-state index in [0.717, 1.165) is 55.4 Å². The lowest BCUT2D eigenvalue weighted by molar-refractivity contribution is 0.277. The molecule has 52 heavy (non-hydrogen) atoms. The number of H-pyrrole nitrogens is 1. The van der Waals surface area contributed by atoms with Gasteiger partial charge in [0.25, 0.3) is 0 Å². The van der Waals surface area contributed by atoms with Crippen LogP contribution in [-0.4, -0.2) is 27.8 Å². The Labute approximate surface area is 309 Å². The van der Waals surface area contributed by atoms with Gasteiger partial charge in [-0.25, -0.2) is 4.98 Å². The van der Waals surface area contributed by atoms with Crippen molar-refractivity contribution in [2.24, 2.45) is 22.7 Å². The molecule has 6 atom stereocenters. The topological polar surface area (TPSA) is 53.1 Å². The molecule has 4 heteroatoms. The highest BCUT2D eigenvalue weighted by molar-refractivity contribution is 5.98. The van der Waals surface area contributed by atoms with Crippen LogP contribution in [0, 0.1) is 17.8 Å². The summed E-state index contributed by atoms with van der Waals surface area (Å²) >= 11 is 0. The first-order valence-corrected chi connectivity index (χ1v) is 20.9. The largest absolute Gasteiger partial charge is 0.342 e. The van der Waals surface area contributed by atoms with Crippen LogP contribution in [0.3, 0.4) is 0 Å². The zero-order valence-electron chi connectivity index (χ0n) is 30.6. The maximum atomic E-state index is 5.30. The van der Waals surface area contributed by atoms with Gasteiger partial charge in [0.05, 0.1) is 16.7 Å². The van der Waals surface area contributed by atoms with E-state index >= 15 is 0 Å². The lowest BCUT2D eigenvalue weighted by Crippen LogP contribution is -2.37. The van der Waals surface area contributed by atoms with E-state index in [1.54, 1.807) is 0 Å². The Kier molecular flexibility index (Phi) is 7.77. The Morgan fingerprint density at radius 1 is 0.577 bits per heavy atom. The van der Waals surface area contributed by atoms with Gasteiger partial charge in [-0.3, -0.25) is 4.99 Å². The van der Waals surface area contributed by atoms with Gasteiger partial charge >= 0.3 is 0 Å².